The molecule has 24 heavy (non-hydrogen) atoms. The second-order valence-electron chi connectivity index (χ2n) is 6.23. The first kappa shape index (κ1) is 19.1. The fourth-order valence-electron chi connectivity index (χ4n) is 2.77. The number of aliphatic imine (C=N–C) groups is 1. The Morgan fingerprint density at radius 3 is 2.88 bits per heavy atom. The lowest BCUT2D eigenvalue weighted by atomic mass is 10.1. The predicted molar refractivity (Wildman–Crippen MR) is 101 cm³/mol. The lowest BCUT2D eigenvalue weighted by molar-refractivity contribution is 0.0824. The van der Waals surface area contributed by atoms with Gasteiger partial charge in [0.05, 0.1) is 11.1 Å². The number of aliphatic hydroxyl groups is 1. The summed E-state index contributed by atoms with van der Waals surface area (Å²) in [6, 6.07) is 0. The van der Waals surface area contributed by atoms with Crippen molar-refractivity contribution in [3.8, 4) is 0 Å². The van der Waals surface area contributed by atoms with Crippen LogP contribution in [-0.4, -0.2) is 66.3 Å². The van der Waals surface area contributed by atoms with Crippen molar-refractivity contribution in [2.75, 3.05) is 39.3 Å². The fourth-order valence-corrected chi connectivity index (χ4v) is 3.56. The maximum absolute atomic E-state index is 9.53. The highest BCUT2D eigenvalue weighted by atomic mass is 32.1. The quantitative estimate of drug-likeness (QED) is 0.374. The Balaban J connectivity index is 1.64. The maximum atomic E-state index is 9.53. The van der Waals surface area contributed by atoms with Gasteiger partial charge in [-0.2, -0.15) is 0 Å². The summed E-state index contributed by atoms with van der Waals surface area (Å²) >= 11 is 1.76. The van der Waals surface area contributed by atoms with E-state index >= 15 is 0 Å². The summed E-state index contributed by atoms with van der Waals surface area (Å²) < 4.78 is 0. The number of nitrogens with zero attached hydrogens (tertiary/aromatic N) is 3. The molecular formula is C17H31N5OS. The minimum absolute atomic E-state index is 0.0922. The van der Waals surface area contributed by atoms with E-state index in [0.29, 0.717) is 0 Å². The first-order chi connectivity index (χ1) is 11.7. The molecule has 1 aromatic rings. The summed E-state index contributed by atoms with van der Waals surface area (Å²) in [5.74, 6) is 0.889. The van der Waals surface area contributed by atoms with Crippen molar-refractivity contribution in [1.82, 2.24) is 20.5 Å². The molecule has 2 rings (SSSR count). The van der Waals surface area contributed by atoms with E-state index in [1.54, 1.807) is 11.3 Å². The minimum Gasteiger partial charge on any atom is -0.393 e. The van der Waals surface area contributed by atoms with E-state index in [-0.39, 0.29) is 6.10 Å². The van der Waals surface area contributed by atoms with Gasteiger partial charge in [-0.3, -0.25) is 4.99 Å². The van der Waals surface area contributed by atoms with Crippen molar-refractivity contribution in [1.29, 1.82) is 0 Å². The van der Waals surface area contributed by atoms with Crippen LogP contribution in [0.1, 0.15) is 36.1 Å². The Morgan fingerprint density at radius 1 is 1.42 bits per heavy atom. The van der Waals surface area contributed by atoms with E-state index in [2.05, 4.69) is 39.4 Å². The van der Waals surface area contributed by atoms with Gasteiger partial charge in [0.15, 0.2) is 5.96 Å². The zero-order valence-corrected chi connectivity index (χ0v) is 15.7. The largest absolute Gasteiger partial charge is 0.393 e. The number of hydrogen-bond donors (Lipinski definition) is 3. The third-order valence-electron chi connectivity index (χ3n) is 4.10. The summed E-state index contributed by atoms with van der Waals surface area (Å²) in [6.07, 6.45) is 5.63. The molecule has 7 heteroatoms. The first-order valence-electron chi connectivity index (χ1n) is 9.01. The number of guanidine groups is 1. The number of aromatic nitrogens is 1. The smallest absolute Gasteiger partial charge is 0.191 e. The molecule has 2 heterocycles. The Morgan fingerprint density at radius 2 is 2.21 bits per heavy atom. The fraction of sp³-hybridized carbons (Fsp3) is 0.765. The van der Waals surface area contributed by atoms with Gasteiger partial charge in [-0.25, -0.2) is 4.98 Å². The number of aryl methyl sites for hydroxylation is 1. The van der Waals surface area contributed by atoms with Gasteiger partial charge in [0.25, 0.3) is 0 Å². The molecule has 1 saturated heterocycles. The first-order valence-corrected chi connectivity index (χ1v) is 9.83. The van der Waals surface area contributed by atoms with E-state index in [1.165, 1.54) is 9.88 Å². The summed E-state index contributed by atoms with van der Waals surface area (Å²) in [6.45, 7) is 9.80. The number of piperidine rings is 1. The van der Waals surface area contributed by atoms with E-state index in [9.17, 15) is 5.11 Å². The van der Waals surface area contributed by atoms with Crippen LogP contribution < -0.4 is 10.6 Å². The highest BCUT2D eigenvalue weighted by Gasteiger charge is 2.15. The van der Waals surface area contributed by atoms with Gasteiger partial charge in [0, 0.05) is 50.2 Å². The van der Waals surface area contributed by atoms with Crippen LogP contribution >= 0.6 is 11.3 Å². The number of rotatable bonds is 8. The molecule has 1 fully saturated rings. The van der Waals surface area contributed by atoms with Crippen LogP contribution in [0.15, 0.2) is 11.2 Å². The van der Waals surface area contributed by atoms with Crippen LogP contribution in [0.4, 0.5) is 0 Å². The van der Waals surface area contributed by atoms with Crippen molar-refractivity contribution < 1.29 is 5.11 Å². The normalized spacial score (nSPS) is 17.2. The van der Waals surface area contributed by atoms with Gasteiger partial charge >= 0.3 is 0 Å². The van der Waals surface area contributed by atoms with Crippen molar-refractivity contribution in [3.63, 3.8) is 0 Å². The minimum atomic E-state index is -0.0922. The van der Waals surface area contributed by atoms with Crippen molar-refractivity contribution in [3.05, 3.63) is 16.1 Å². The van der Waals surface area contributed by atoms with Crippen molar-refractivity contribution >= 4 is 17.3 Å². The Bertz CT molecular complexity index is 497. The van der Waals surface area contributed by atoms with Crippen LogP contribution in [0.5, 0.6) is 0 Å². The molecule has 0 atom stereocenters. The molecule has 6 nitrogen and oxygen atoms in total. The summed E-state index contributed by atoms with van der Waals surface area (Å²) in [5, 5.41) is 17.4. The van der Waals surface area contributed by atoms with Gasteiger partial charge < -0.3 is 20.6 Å². The summed E-state index contributed by atoms with van der Waals surface area (Å²) in [7, 11) is 0. The van der Waals surface area contributed by atoms with E-state index in [1.807, 2.05) is 6.20 Å². The van der Waals surface area contributed by atoms with Crippen LogP contribution in [-0.2, 0) is 6.42 Å². The molecule has 1 aromatic heterocycles. The third-order valence-corrected chi connectivity index (χ3v) is 5.08. The molecule has 1 aliphatic heterocycles. The van der Waals surface area contributed by atoms with Crippen LogP contribution in [0.2, 0.25) is 0 Å². The highest BCUT2D eigenvalue weighted by Crippen LogP contribution is 2.11. The second kappa shape index (κ2) is 10.6. The van der Waals surface area contributed by atoms with Gasteiger partial charge in [-0.1, -0.05) is 0 Å². The molecule has 3 N–H and O–H groups in total. The molecule has 1 aliphatic rings. The van der Waals surface area contributed by atoms with Gasteiger partial charge in [0.1, 0.15) is 0 Å². The zero-order valence-electron chi connectivity index (χ0n) is 14.9. The standard InChI is InChI=1S/C17H31N5OS/c1-3-18-17(20-9-5-16-21-13-14(2)24-16)19-8-4-10-22-11-6-15(23)7-12-22/h13,15,23H,3-12H2,1-2H3,(H2,18,19,20). The summed E-state index contributed by atoms with van der Waals surface area (Å²) in [4.78, 5) is 12.7. The molecule has 0 aliphatic carbocycles. The van der Waals surface area contributed by atoms with Gasteiger partial charge in [-0.15, -0.1) is 11.3 Å². The van der Waals surface area contributed by atoms with E-state index < -0.39 is 0 Å². The molecule has 0 amide bonds. The Hall–Kier alpha value is -1.18. The summed E-state index contributed by atoms with van der Waals surface area (Å²) in [5.41, 5.74) is 0. The van der Waals surface area contributed by atoms with Crippen LogP contribution in [0, 0.1) is 6.92 Å². The van der Waals surface area contributed by atoms with Crippen molar-refractivity contribution in [2.24, 2.45) is 4.99 Å². The molecule has 0 aromatic carbocycles. The molecule has 0 unspecified atom stereocenters. The zero-order chi connectivity index (χ0) is 17.2. The SMILES string of the molecule is CCNC(=NCCCN1CCC(O)CC1)NCCc1ncc(C)s1. The molecule has 0 bridgehead atoms. The van der Waals surface area contributed by atoms with E-state index in [0.717, 1.165) is 70.9 Å². The lowest BCUT2D eigenvalue weighted by Crippen LogP contribution is -2.39. The highest BCUT2D eigenvalue weighted by molar-refractivity contribution is 7.11. The molecule has 0 spiro atoms. The third kappa shape index (κ3) is 7.15. The molecule has 0 radical (unpaired) electrons. The van der Waals surface area contributed by atoms with Gasteiger partial charge in [-0.05, 0) is 39.7 Å². The Labute approximate surface area is 149 Å². The monoisotopic (exact) mass is 353 g/mol. The van der Waals surface area contributed by atoms with Crippen LogP contribution in [0.25, 0.3) is 0 Å². The predicted octanol–water partition coefficient (Wildman–Crippen LogP) is 1.40. The number of nitrogens with one attached hydrogen (secondary N) is 2. The number of thiazole rings is 1. The molecule has 0 saturated carbocycles. The van der Waals surface area contributed by atoms with Gasteiger partial charge in [0.2, 0.25) is 0 Å². The van der Waals surface area contributed by atoms with Crippen LogP contribution in [0.3, 0.4) is 0 Å². The topological polar surface area (TPSA) is 72.8 Å². The molecule has 136 valence electrons. The second-order valence-corrected chi connectivity index (χ2v) is 7.55. The average molecular weight is 354 g/mol. The number of aliphatic hydroxyl groups excluding tert-OH is 1. The number of hydrogen-bond acceptors (Lipinski definition) is 5. The van der Waals surface area contributed by atoms with Crippen molar-refractivity contribution in [2.45, 2.75) is 45.6 Å². The maximum Gasteiger partial charge on any atom is 0.191 e. The Kier molecular flexibility index (Phi) is 8.49. The number of likely N-dealkylation sites (tertiary alicyclic amines) is 1. The lowest BCUT2D eigenvalue weighted by Gasteiger charge is -2.29. The molecular weight excluding hydrogens is 322 g/mol. The van der Waals surface area contributed by atoms with E-state index in [4.69, 9.17) is 0 Å². The average Bonchev–Trinajstić information content (AvgIpc) is 2.98.